The fourth-order valence-corrected chi connectivity index (χ4v) is 2.06. The van der Waals surface area contributed by atoms with Crippen molar-refractivity contribution in [3.63, 3.8) is 0 Å². The van der Waals surface area contributed by atoms with Gasteiger partial charge >= 0.3 is 12.0 Å². The molecule has 0 aromatic rings. The molecular formula is C12H19N3O5. The van der Waals surface area contributed by atoms with Gasteiger partial charge in [0.1, 0.15) is 18.6 Å². The van der Waals surface area contributed by atoms with Crippen molar-refractivity contribution in [2.24, 2.45) is 0 Å². The maximum atomic E-state index is 12.1. The lowest BCUT2D eigenvalue weighted by atomic mass is 10.1. The summed E-state index contributed by atoms with van der Waals surface area (Å²) in [6, 6.07) is -2.49. The molecule has 20 heavy (non-hydrogen) atoms. The first kappa shape index (κ1) is 15.9. The van der Waals surface area contributed by atoms with Crippen LogP contribution in [0.5, 0.6) is 0 Å². The summed E-state index contributed by atoms with van der Waals surface area (Å²) in [7, 11) is 0. The highest BCUT2D eigenvalue weighted by atomic mass is 16.4. The summed E-state index contributed by atoms with van der Waals surface area (Å²) in [5.41, 5.74) is 0. The number of carboxylic acids is 1. The largest absolute Gasteiger partial charge is 0.480 e. The number of hydrogen-bond acceptors (Lipinski definition) is 4. The average Bonchev–Trinajstić information content (AvgIpc) is 2.37. The molecule has 4 amide bonds. The van der Waals surface area contributed by atoms with Crippen LogP contribution >= 0.6 is 0 Å². The molecule has 1 aliphatic rings. The summed E-state index contributed by atoms with van der Waals surface area (Å²) < 4.78 is 0. The number of nitrogens with zero attached hydrogens (tertiary/aromatic N) is 1. The van der Waals surface area contributed by atoms with Crippen LogP contribution in [0.3, 0.4) is 0 Å². The Kier molecular flexibility index (Phi) is 5.48. The average molecular weight is 285 g/mol. The minimum atomic E-state index is -1.14. The number of aliphatic carboxylic acids is 1. The molecule has 0 bridgehead atoms. The number of rotatable bonds is 5. The van der Waals surface area contributed by atoms with Gasteiger partial charge in [0.05, 0.1) is 0 Å². The quantitative estimate of drug-likeness (QED) is 0.599. The van der Waals surface area contributed by atoms with E-state index in [1.807, 2.05) is 0 Å². The summed E-state index contributed by atoms with van der Waals surface area (Å²) in [6.45, 7) is 3.25. The number of hydrogen-bond donors (Lipinski definition) is 3. The van der Waals surface area contributed by atoms with Crippen molar-refractivity contribution in [1.29, 1.82) is 0 Å². The molecule has 1 aliphatic heterocycles. The van der Waals surface area contributed by atoms with Gasteiger partial charge in [-0.15, -0.1) is 0 Å². The van der Waals surface area contributed by atoms with E-state index in [9.17, 15) is 19.2 Å². The zero-order chi connectivity index (χ0) is 15.3. The highest BCUT2D eigenvalue weighted by Crippen LogP contribution is 2.10. The first-order valence-corrected chi connectivity index (χ1v) is 6.54. The zero-order valence-electron chi connectivity index (χ0n) is 11.5. The summed E-state index contributed by atoms with van der Waals surface area (Å²) >= 11 is 0. The molecule has 0 radical (unpaired) electrons. The summed E-state index contributed by atoms with van der Waals surface area (Å²) in [5.74, 6) is -2.25. The smallest absolute Gasteiger partial charge is 0.326 e. The second-order valence-electron chi connectivity index (χ2n) is 4.59. The van der Waals surface area contributed by atoms with Crippen molar-refractivity contribution in [2.75, 3.05) is 6.54 Å². The standard InChI is InChI=1S/C12H19N3O5/c1-3-5-7(11(18)19)13-12(20)15-6-9(16)14-10(17)8(15)4-2/h7-8H,3-6H2,1-2H3,(H,13,20)(H,18,19)(H,14,16,17)/t7-,8?/m1/s1. The number of piperazine rings is 1. The molecule has 112 valence electrons. The zero-order valence-corrected chi connectivity index (χ0v) is 11.5. The Balaban J connectivity index is 2.79. The van der Waals surface area contributed by atoms with Gasteiger partial charge in [0, 0.05) is 0 Å². The maximum Gasteiger partial charge on any atom is 0.326 e. The molecule has 0 aromatic heterocycles. The molecule has 8 nitrogen and oxygen atoms in total. The second kappa shape index (κ2) is 6.88. The lowest BCUT2D eigenvalue weighted by Gasteiger charge is -2.34. The van der Waals surface area contributed by atoms with Gasteiger partial charge < -0.3 is 15.3 Å². The minimum absolute atomic E-state index is 0.255. The number of carbonyl (C=O) groups is 4. The van der Waals surface area contributed by atoms with E-state index >= 15 is 0 Å². The number of carbonyl (C=O) groups excluding carboxylic acids is 3. The van der Waals surface area contributed by atoms with Crippen molar-refractivity contribution in [3.05, 3.63) is 0 Å². The van der Waals surface area contributed by atoms with E-state index in [-0.39, 0.29) is 13.0 Å². The Morgan fingerprint density at radius 3 is 2.60 bits per heavy atom. The van der Waals surface area contributed by atoms with E-state index in [2.05, 4.69) is 10.6 Å². The van der Waals surface area contributed by atoms with Gasteiger partial charge in [-0.1, -0.05) is 20.3 Å². The van der Waals surface area contributed by atoms with Crippen LogP contribution in [0, 0.1) is 0 Å². The third-order valence-corrected chi connectivity index (χ3v) is 3.08. The van der Waals surface area contributed by atoms with E-state index in [0.717, 1.165) is 4.90 Å². The van der Waals surface area contributed by atoms with Gasteiger partial charge in [0.25, 0.3) is 0 Å². The van der Waals surface area contributed by atoms with Crippen LogP contribution in [-0.2, 0) is 14.4 Å². The van der Waals surface area contributed by atoms with Crippen molar-refractivity contribution in [3.8, 4) is 0 Å². The number of nitrogens with one attached hydrogen (secondary N) is 2. The lowest BCUT2D eigenvalue weighted by Crippen LogP contribution is -2.62. The van der Waals surface area contributed by atoms with Crippen LogP contribution in [-0.4, -0.2) is 52.4 Å². The lowest BCUT2D eigenvalue weighted by molar-refractivity contribution is -0.139. The van der Waals surface area contributed by atoms with E-state index in [4.69, 9.17) is 5.11 Å². The molecule has 2 atom stereocenters. The highest BCUT2D eigenvalue weighted by molar-refractivity contribution is 6.04. The summed E-state index contributed by atoms with van der Waals surface area (Å²) in [5, 5.41) is 13.5. The fourth-order valence-electron chi connectivity index (χ4n) is 2.06. The molecule has 0 saturated carbocycles. The van der Waals surface area contributed by atoms with Crippen LogP contribution in [0.25, 0.3) is 0 Å². The van der Waals surface area contributed by atoms with Crippen LogP contribution in [0.4, 0.5) is 4.79 Å². The first-order chi connectivity index (χ1) is 9.40. The molecule has 0 aliphatic carbocycles. The Bertz CT molecular complexity index is 423. The van der Waals surface area contributed by atoms with E-state index in [0.29, 0.717) is 12.8 Å². The predicted octanol–water partition coefficient (Wildman–Crippen LogP) is -0.314. The normalized spacial score (nSPS) is 20.3. The maximum absolute atomic E-state index is 12.1. The van der Waals surface area contributed by atoms with Crippen molar-refractivity contribution < 1.29 is 24.3 Å². The van der Waals surface area contributed by atoms with Crippen molar-refractivity contribution in [1.82, 2.24) is 15.5 Å². The molecule has 1 saturated heterocycles. The predicted molar refractivity (Wildman–Crippen MR) is 68.8 cm³/mol. The summed E-state index contributed by atoms with van der Waals surface area (Å²) in [4.78, 5) is 47.1. The van der Waals surface area contributed by atoms with E-state index in [1.54, 1.807) is 13.8 Å². The minimum Gasteiger partial charge on any atom is -0.480 e. The summed E-state index contributed by atoms with van der Waals surface area (Å²) in [6.07, 6.45) is 1.22. The first-order valence-electron chi connectivity index (χ1n) is 6.54. The highest BCUT2D eigenvalue weighted by Gasteiger charge is 2.36. The van der Waals surface area contributed by atoms with Crippen LogP contribution in [0.2, 0.25) is 0 Å². The third-order valence-electron chi connectivity index (χ3n) is 3.08. The molecule has 8 heteroatoms. The van der Waals surface area contributed by atoms with Gasteiger partial charge in [-0.05, 0) is 12.8 Å². The fraction of sp³-hybridized carbons (Fsp3) is 0.667. The number of imide groups is 1. The molecule has 1 unspecified atom stereocenters. The molecule has 0 aromatic carbocycles. The Morgan fingerprint density at radius 2 is 2.10 bits per heavy atom. The van der Waals surface area contributed by atoms with Crippen LogP contribution in [0.1, 0.15) is 33.1 Å². The number of urea groups is 1. The molecule has 1 rings (SSSR count). The number of carboxylic acid groups (broad SMARTS) is 1. The molecule has 3 N–H and O–H groups in total. The van der Waals surface area contributed by atoms with Gasteiger partial charge in [-0.25, -0.2) is 9.59 Å². The van der Waals surface area contributed by atoms with Crippen molar-refractivity contribution in [2.45, 2.75) is 45.2 Å². The Labute approximate surface area is 116 Å². The Morgan fingerprint density at radius 1 is 1.45 bits per heavy atom. The second-order valence-corrected chi connectivity index (χ2v) is 4.59. The van der Waals surface area contributed by atoms with E-state index < -0.39 is 35.9 Å². The SMILES string of the molecule is CCC[C@@H](NC(=O)N1CC(=O)NC(=O)C1CC)C(=O)O. The van der Waals surface area contributed by atoms with Crippen molar-refractivity contribution >= 4 is 23.8 Å². The number of amides is 4. The van der Waals surface area contributed by atoms with E-state index in [1.165, 1.54) is 0 Å². The van der Waals surface area contributed by atoms with Gasteiger partial charge in [0.2, 0.25) is 11.8 Å². The molecular weight excluding hydrogens is 266 g/mol. The monoisotopic (exact) mass is 285 g/mol. The van der Waals surface area contributed by atoms with Crippen LogP contribution in [0.15, 0.2) is 0 Å². The van der Waals surface area contributed by atoms with Crippen LogP contribution < -0.4 is 10.6 Å². The topological polar surface area (TPSA) is 116 Å². The third kappa shape index (κ3) is 3.69. The molecule has 0 spiro atoms. The van der Waals surface area contributed by atoms with Gasteiger partial charge in [0.15, 0.2) is 0 Å². The molecule has 1 fully saturated rings. The Hall–Kier alpha value is -2.12. The molecule has 1 heterocycles. The van der Waals surface area contributed by atoms with Gasteiger partial charge in [-0.2, -0.15) is 0 Å². The van der Waals surface area contributed by atoms with Gasteiger partial charge in [-0.3, -0.25) is 14.9 Å².